The van der Waals surface area contributed by atoms with E-state index in [0.717, 1.165) is 35.3 Å². The van der Waals surface area contributed by atoms with Gasteiger partial charge in [-0.15, -0.1) is 0 Å². The second-order valence-corrected chi connectivity index (χ2v) is 18.7. The number of ether oxygens (including phenoxy) is 2. The largest absolute Gasteiger partial charge is 0.412 e. The van der Waals surface area contributed by atoms with E-state index < -0.39 is 14.6 Å². The first kappa shape index (κ1) is 31.8. The number of piperidine rings is 1. The summed E-state index contributed by atoms with van der Waals surface area (Å²) in [7, 11) is 1.41. The summed E-state index contributed by atoms with van der Waals surface area (Å²) in [6, 6.07) is 7.73. The van der Waals surface area contributed by atoms with E-state index in [4.69, 9.17) is 13.9 Å². The Labute approximate surface area is 245 Å². The molecule has 2 atom stereocenters. The van der Waals surface area contributed by atoms with Gasteiger partial charge in [0.1, 0.15) is 6.04 Å². The smallest absolute Gasteiger partial charge is 0.244 e. The van der Waals surface area contributed by atoms with Gasteiger partial charge in [-0.2, -0.15) is 0 Å². The number of halogens is 1. The fourth-order valence-corrected chi connectivity index (χ4v) is 6.99. The zero-order valence-corrected chi connectivity index (χ0v) is 28.0. The number of methoxy groups -OCH3 is 2. The van der Waals surface area contributed by atoms with Crippen LogP contribution in [0, 0.1) is 8.99 Å². The van der Waals surface area contributed by atoms with Crippen molar-refractivity contribution in [3.63, 3.8) is 0 Å². The first-order valence-electron chi connectivity index (χ1n) is 14.1. The van der Waals surface area contributed by atoms with Gasteiger partial charge in [-0.25, -0.2) is 0 Å². The van der Waals surface area contributed by atoms with Crippen LogP contribution in [0.5, 0.6) is 0 Å². The summed E-state index contributed by atoms with van der Waals surface area (Å²) in [5, 5.41) is 3.58. The van der Waals surface area contributed by atoms with Gasteiger partial charge in [0, 0.05) is 36.6 Å². The third-order valence-corrected chi connectivity index (χ3v) is 14.0. The second kappa shape index (κ2) is 13.3. The number of anilines is 1. The molecule has 2 aliphatic rings. The van der Waals surface area contributed by atoms with Gasteiger partial charge >= 0.3 is 0 Å². The Bertz CT molecular complexity index is 917. The Morgan fingerprint density at radius 2 is 1.92 bits per heavy atom. The molecule has 3 rings (SSSR count). The fourth-order valence-electron chi connectivity index (χ4n) is 5.06. The van der Waals surface area contributed by atoms with Crippen LogP contribution < -0.4 is 5.32 Å². The standard InChI is InChI=1S/C29H50IN3O4Si/c1-22(31-24-12-9-11-23(30)19-24)27(34)33(21-26(35-5)36-6)17-10-16-32-18-15-29(13-14-29)25(20-32)37-38(7,8)28(2,3)4/h9,11-12,19,22,25-26,31H,10,13-18,20-21H2,1-8H3. The number of nitrogens with one attached hydrogen (secondary N) is 1. The molecule has 0 aromatic heterocycles. The van der Waals surface area contributed by atoms with Crippen molar-refractivity contribution in [1.82, 2.24) is 9.80 Å². The summed E-state index contributed by atoms with van der Waals surface area (Å²) in [6.07, 6.45) is 4.63. The van der Waals surface area contributed by atoms with Crippen molar-refractivity contribution in [2.75, 3.05) is 52.3 Å². The van der Waals surface area contributed by atoms with E-state index in [1.54, 1.807) is 14.2 Å². The minimum atomic E-state index is -1.82. The van der Waals surface area contributed by atoms with Crippen LogP contribution in [0.3, 0.4) is 0 Å². The number of carbonyl (C=O) groups excluding carboxylic acids is 1. The number of amides is 1. The van der Waals surface area contributed by atoms with Gasteiger partial charge in [-0.3, -0.25) is 4.79 Å². The summed E-state index contributed by atoms with van der Waals surface area (Å²) < 4.78 is 19.0. The molecular formula is C29H50IN3O4Si. The maximum atomic E-state index is 13.5. The second-order valence-electron chi connectivity index (χ2n) is 12.7. The Morgan fingerprint density at radius 3 is 2.50 bits per heavy atom. The Balaban J connectivity index is 1.59. The highest BCUT2D eigenvalue weighted by Gasteiger charge is 2.54. The lowest BCUT2D eigenvalue weighted by atomic mass is 9.90. The van der Waals surface area contributed by atoms with E-state index in [9.17, 15) is 4.79 Å². The number of hydrogen-bond acceptors (Lipinski definition) is 6. The van der Waals surface area contributed by atoms with Crippen LogP contribution in [0.25, 0.3) is 0 Å². The number of hydrogen-bond donors (Lipinski definition) is 1. The summed E-state index contributed by atoms with van der Waals surface area (Å²) in [5.41, 5.74) is 1.36. The molecule has 7 nitrogen and oxygen atoms in total. The van der Waals surface area contributed by atoms with Crippen molar-refractivity contribution >= 4 is 42.5 Å². The fraction of sp³-hybridized carbons (Fsp3) is 0.759. The first-order valence-corrected chi connectivity index (χ1v) is 18.1. The van der Waals surface area contributed by atoms with Crippen molar-refractivity contribution < 1.29 is 18.7 Å². The van der Waals surface area contributed by atoms with Gasteiger partial charge in [0.25, 0.3) is 0 Å². The summed E-state index contributed by atoms with van der Waals surface area (Å²) in [4.78, 5) is 17.9. The number of nitrogens with zero attached hydrogens (tertiary/aromatic N) is 2. The Kier molecular flexibility index (Phi) is 11.1. The van der Waals surface area contributed by atoms with Crippen molar-refractivity contribution in [3.8, 4) is 0 Å². The van der Waals surface area contributed by atoms with Crippen molar-refractivity contribution in [2.24, 2.45) is 5.41 Å². The van der Waals surface area contributed by atoms with Crippen molar-refractivity contribution in [3.05, 3.63) is 27.8 Å². The topological polar surface area (TPSA) is 63.3 Å². The van der Waals surface area contributed by atoms with E-state index in [1.165, 1.54) is 19.3 Å². The van der Waals surface area contributed by atoms with Crippen LogP contribution in [0.4, 0.5) is 5.69 Å². The lowest BCUT2D eigenvalue weighted by Gasteiger charge is -2.46. The minimum Gasteiger partial charge on any atom is -0.412 e. The number of likely N-dealkylation sites (tertiary alicyclic amines) is 1. The predicted molar refractivity (Wildman–Crippen MR) is 166 cm³/mol. The molecule has 1 aliphatic heterocycles. The molecule has 1 heterocycles. The first-order chi connectivity index (χ1) is 17.8. The molecule has 1 N–H and O–H groups in total. The molecule has 0 radical (unpaired) electrons. The monoisotopic (exact) mass is 659 g/mol. The van der Waals surface area contributed by atoms with Gasteiger partial charge in [0.2, 0.25) is 5.91 Å². The molecule has 0 bridgehead atoms. The SMILES string of the molecule is COC(CN(CCCN1CCC2(CC2)C(O[Si](C)(C)C(C)(C)C)C1)C(=O)C(C)Nc1cccc(I)c1)OC. The van der Waals surface area contributed by atoms with Crippen LogP contribution in [0.2, 0.25) is 18.1 Å². The maximum absolute atomic E-state index is 13.5. The van der Waals surface area contributed by atoms with E-state index >= 15 is 0 Å². The predicted octanol–water partition coefficient (Wildman–Crippen LogP) is 5.81. The Hall–Kier alpha value is -0.723. The van der Waals surface area contributed by atoms with Crippen LogP contribution in [0.15, 0.2) is 24.3 Å². The molecular weight excluding hydrogens is 609 g/mol. The lowest BCUT2D eigenvalue weighted by molar-refractivity contribution is -0.146. The third kappa shape index (κ3) is 8.39. The van der Waals surface area contributed by atoms with E-state index in [0.29, 0.717) is 24.6 Å². The average Bonchev–Trinajstić information content (AvgIpc) is 3.62. The highest BCUT2D eigenvalue weighted by atomic mass is 127. The van der Waals surface area contributed by atoms with Gasteiger partial charge in [0.15, 0.2) is 14.6 Å². The van der Waals surface area contributed by atoms with Gasteiger partial charge < -0.3 is 29.0 Å². The Morgan fingerprint density at radius 1 is 1.24 bits per heavy atom. The molecule has 2 fully saturated rings. The number of rotatable bonds is 13. The molecule has 1 spiro atoms. The number of carbonyl (C=O) groups is 1. The molecule has 2 unspecified atom stereocenters. The molecule has 216 valence electrons. The zero-order valence-electron chi connectivity index (χ0n) is 24.8. The number of benzene rings is 1. The van der Waals surface area contributed by atoms with Crippen LogP contribution in [-0.2, 0) is 18.7 Å². The van der Waals surface area contributed by atoms with Crippen LogP contribution in [0.1, 0.15) is 53.4 Å². The lowest BCUT2D eigenvalue weighted by Crippen LogP contribution is -2.53. The van der Waals surface area contributed by atoms with Gasteiger partial charge in [-0.1, -0.05) is 26.8 Å². The van der Waals surface area contributed by atoms with E-state index in [1.807, 2.05) is 36.1 Å². The summed E-state index contributed by atoms with van der Waals surface area (Å²) >= 11 is 2.29. The van der Waals surface area contributed by atoms with Crippen molar-refractivity contribution in [1.29, 1.82) is 0 Å². The average molecular weight is 660 g/mol. The van der Waals surface area contributed by atoms with E-state index in [2.05, 4.69) is 66.7 Å². The quantitative estimate of drug-likeness (QED) is 0.164. The van der Waals surface area contributed by atoms with Crippen LogP contribution in [-0.4, -0.2) is 89.4 Å². The highest BCUT2D eigenvalue weighted by Crippen LogP contribution is 2.56. The third-order valence-electron chi connectivity index (χ3n) is 8.86. The maximum Gasteiger partial charge on any atom is 0.244 e. The zero-order chi connectivity index (χ0) is 28.1. The van der Waals surface area contributed by atoms with Crippen molar-refractivity contribution in [2.45, 2.75) is 89.9 Å². The van der Waals surface area contributed by atoms with Gasteiger partial charge in [0.05, 0.1) is 12.6 Å². The van der Waals surface area contributed by atoms with Gasteiger partial charge in [-0.05, 0) is 110 Å². The minimum absolute atomic E-state index is 0.0534. The molecule has 1 saturated heterocycles. The molecule has 38 heavy (non-hydrogen) atoms. The molecule has 9 heteroatoms. The highest BCUT2D eigenvalue weighted by molar-refractivity contribution is 14.1. The molecule has 1 aromatic carbocycles. The molecule has 1 saturated carbocycles. The summed E-state index contributed by atoms with van der Waals surface area (Å²) in [6.45, 7) is 17.8. The summed E-state index contributed by atoms with van der Waals surface area (Å²) in [5.74, 6) is 0.0534. The van der Waals surface area contributed by atoms with Crippen LogP contribution >= 0.6 is 22.6 Å². The van der Waals surface area contributed by atoms with E-state index in [-0.39, 0.29) is 17.0 Å². The molecule has 1 amide bonds. The molecule has 1 aromatic rings. The molecule has 1 aliphatic carbocycles. The normalized spacial score (nSPS) is 20.5.